The van der Waals surface area contributed by atoms with Crippen molar-refractivity contribution in [3.63, 3.8) is 0 Å². The molecule has 0 saturated heterocycles. The van der Waals surface area contributed by atoms with Gasteiger partial charge in [0.1, 0.15) is 13.2 Å². The van der Waals surface area contributed by atoms with Gasteiger partial charge in [0.15, 0.2) is 0 Å². The molecule has 0 aromatic heterocycles. The fraction of sp³-hybridized carbons (Fsp3) is 0.928. The number of amides is 1. The van der Waals surface area contributed by atoms with E-state index in [0.717, 1.165) is 38.5 Å². The molecule has 0 aliphatic heterocycles. The van der Waals surface area contributed by atoms with Crippen molar-refractivity contribution in [1.29, 1.82) is 0 Å². The van der Waals surface area contributed by atoms with Crippen molar-refractivity contribution < 1.29 is 32.9 Å². The summed E-state index contributed by atoms with van der Waals surface area (Å²) < 4.78 is 23.4. The molecule has 0 fully saturated rings. The minimum absolute atomic E-state index is 0.00341. The summed E-state index contributed by atoms with van der Waals surface area (Å²) >= 11 is 0. The molecule has 464 valence electrons. The lowest BCUT2D eigenvalue weighted by atomic mass is 10.0. The second-order valence-electron chi connectivity index (χ2n) is 25.2. The van der Waals surface area contributed by atoms with E-state index in [9.17, 15) is 19.4 Å². The fourth-order valence-corrected chi connectivity index (χ4v) is 11.5. The Kier molecular flexibility index (Phi) is 59.8. The monoisotopic (exact) mass is 1120 g/mol. The van der Waals surface area contributed by atoms with Gasteiger partial charge in [0.2, 0.25) is 5.91 Å². The summed E-state index contributed by atoms with van der Waals surface area (Å²) in [5.74, 6) is -0.198. The Hall–Kier alpha value is -1.02. The first kappa shape index (κ1) is 77.0. The van der Waals surface area contributed by atoms with Crippen molar-refractivity contribution >= 4 is 13.7 Å². The molecule has 0 aromatic carbocycles. The number of hydrogen-bond acceptors (Lipinski definition) is 6. The van der Waals surface area contributed by atoms with E-state index in [1.165, 1.54) is 302 Å². The van der Waals surface area contributed by atoms with E-state index < -0.39 is 20.0 Å². The highest BCUT2D eigenvalue weighted by Gasteiger charge is 2.23. The number of phosphoric ester groups is 1. The number of carbonyl (C=O) groups excluding carboxylic acids is 1. The van der Waals surface area contributed by atoms with Gasteiger partial charge in [-0.05, 0) is 32.1 Å². The lowest BCUT2D eigenvalue weighted by Gasteiger charge is -2.29. The van der Waals surface area contributed by atoms with Gasteiger partial charge in [0.05, 0.1) is 39.9 Å². The third kappa shape index (κ3) is 62.6. The summed E-state index contributed by atoms with van der Waals surface area (Å²) in [6, 6.07) is -0.902. The molecule has 0 rings (SSSR count). The predicted octanol–water partition coefficient (Wildman–Crippen LogP) is 21.3. The van der Waals surface area contributed by atoms with Crippen LogP contribution >= 0.6 is 7.82 Å². The number of likely N-dealkylation sites (N-methyl/N-ethyl adjacent to an activating group) is 1. The van der Waals surface area contributed by atoms with Gasteiger partial charge in [0.25, 0.3) is 7.82 Å². The molecule has 0 bridgehead atoms. The lowest BCUT2D eigenvalue weighted by Crippen LogP contribution is -2.45. The second kappa shape index (κ2) is 60.6. The largest absolute Gasteiger partial charge is 0.756 e. The molecule has 3 unspecified atom stereocenters. The third-order valence-corrected chi connectivity index (χ3v) is 17.1. The highest BCUT2D eigenvalue weighted by Crippen LogP contribution is 2.38. The Balaban J connectivity index is 4.08. The summed E-state index contributed by atoms with van der Waals surface area (Å²) in [6.45, 7) is 4.70. The van der Waals surface area contributed by atoms with Gasteiger partial charge in [-0.1, -0.05) is 346 Å². The first-order valence-corrected chi connectivity index (χ1v) is 36.2. The zero-order chi connectivity index (χ0) is 57.0. The van der Waals surface area contributed by atoms with Gasteiger partial charge < -0.3 is 28.8 Å². The third-order valence-electron chi connectivity index (χ3n) is 16.2. The van der Waals surface area contributed by atoms with Crippen LogP contribution in [0.15, 0.2) is 24.3 Å². The summed E-state index contributed by atoms with van der Waals surface area (Å²) in [6.07, 6.45) is 78.8. The first-order chi connectivity index (χ1) is 38.0. The van der Waals surface area contributed by atoms with E-state index in [-0.39, 0.29) is 19.1 Å². The molecular weight excluding hydrogens is 984 g/mol. The molecule has 0 saturated carbocycles. The second-order valence-corrected chi connectivity index (χ2v) is 26.7. The Morgan fingerprint density at radius 2 is 0.718 bits per heavy atom. The van der Waals surface area contributed by atoms with Crippen LogP contribution in [0.25, 0.3) is 0 Å². The van der Waals surface area contributed by atoms with Crippen molar-refractivity contribution in [2.75, 3.05) is 40.9 Å². The zero-order valence-electron chi connectivity index (χ0n) is 53.2. The van der Waals surface area contributed by atoms with Crippen LogP contribution in [0.3, 0.4) is 0 Å². The number of rotatable bonds is 65. The van der Waals surface area contributed by atoms with Crippen molar-refractivity contribution in [1.82, 2.24) is 5.32 Å². The van der Waals surface area contributed by atoms with E-state index >= 15 is 0 Å². The van der Waals surface area contributed by atoms with E-state index in [0.29, 0.717) is 17.4 Å². The smallest absolute Gasteiger partial charge is 0.268 e. The molecule has 8 nitrogen and oxygen atoms in total. The minimum Gasteiger partial charge on any atom is -0.756 e. The van der Waals surface area contributed by atoms with E-state index in [4.69, 9.17) is 9.05 Å². The van der Waals surface area contributed by atoms with Crippen LogP contribution in [0.2, 0.25) is 0 Å². The molecule has 9 heteroatoms. The number of phosphoric acid groups is 1. The molecule has 0 radical (unpaired) electrons. The molecule has 0 spiro atoms. The van der Waals surface area contributed by atoms with E-state index in [1.54, 1.807) is 6.08 Å². The number of nitrogens with one attached hydrogen (secondary N) is 1. The highest BCUT2D eigenvalue weighted by atomic mass is 31.2. The van der Waals surface area contributed by atoms with Gasteiger partial charge in [-0.2, -0.15) is 0 Å². The molecule has 0 heterocycles. The average Bonchev–Trinajstić information content (AvgIpc) is 3.41. The molecule has 0 aliphatic carbocycles. The number of allylic oxidation sites excluding steroid dienone is 3. The molecule has 3 atom stereocenters. The quantitative estimate of drug-likeness (QED) is 0.0272. The van der Waals surface area contributed by atoms with Crippen molar-refractivity contribution in [3.05, 3.63) is 24.3 Å². The molecule has 2 N–H and O–H groups in total. The maximum atomic E-state index is 13.0. The number of quaternary nitrogens is 1. The molecular formula is C69H137N2O6P. The van der Waals surface area contributed by atoms with Gasteiger partial charge in [-0.15, -0.1) is 0 Å². The maximum Gasteiger partial charge on any atom is 0.268 e. The van der Waals surface area contributed by atoms with Gasteiger partial charge in [0, 0.05) is 6.42 Å². The number of aliphatic hydroxyl groups is 1. The van der Waals surface area contributed by atoms with Gasteiger partial charge >= 0.3 is 0 Å². The fourth-order valence-electron chi connectivity index (χ4n) is 10.8. The number of hydrogen-bond donors (Lipinski definition) is 2. The number of aliphatic hydroxyl groups excluding tert-OH is 1. The van der Waals surface area contributed by atoms with Gasteiger partial charge in [-0.25, -0.2) is 0 Å². The normalized spacial score (nSPS) is 13.8. The van der Waals surface area contributed by atoms with Crippen LogP contribution in [-0.4, -0.2) is 68.5 Å². The van der Waals surface area contributed by atoms with Crippen LogP contribution in [0.1, 0.15) is 361 Å². The van der Waals surface area contributed by atoms with E-state index in [1.807, 2.05) is 27.2 Å². The summed E-state index contributed by atoms with van der Waals surface area (Å²) in [5.41, 5.74) is 0. The van der Waals surface area contributed by atoms with Crippen LogP contribution in [-0.2, 0) is 18.4 Å². The molecule has 0 aliphatic rings. The van der Waals surface area contributed by atoms with Crippen molar-refractivity contribution in [2.24, 2.45) is 0 Å². The zero-order valence-corrected chi connectivity index (χ0v) is 54.0. The van der Waals surface area contributed by atoms with E-state index in [2.05, 4.69) is 31.3 Å². The first-order valence-electron chi connectivity index (χ1n) is 34.7. The number of carbonyl (C=O) groups is 1. The van der Waals surface area contributed by atoms with Gasteiger partial charge in [-0.3, -0.25) is 9.36 Å². The predicted molar refractivity (Wildman–Crippen MR) is 339 cm³/mol. The average molecular weight is 1120 g/mol. The highest BCUT2D eigenvalue weighted by molar-refractivity contribution is 7.45. The lowest BCUT2D eigenvalue weighted by molar-refractivity contribution is -0.870. The summed E-state index contributed by atoms with van der Waals surface area (Å²) in [5, 5.41) is 13.9. The Morgan fingerprint density at radius 1 is 0.436 bits per heavy atom. The van der Waals surface area contributed by atoms with Crippen LogP contribution in [0.4, 0.5) is 0 Å². The molecule has 0 aromatic rings. The number of nitrogens with zero attached hydrogens (tertiary/aromatic N) is 1. The Labute approximate surface area is 487 Å². The molecule has 78 heavy (non-hydrogen) atoms. The molecule has 1 amide bonds. The van der Waals surface area contributed by atoms with Crippen molar-refractivity contribution in [3.8, 4) is 0 Å². The summed E-state index contributed by atoms with van der Waals surface area (Å²) in [4.78, 5) is 25.6. The van der Waals surface area contributed by atoms with Crippen molar-refractivity contribution in [2.45, 2.75) is 373 Å². The van der Waals surface area contributed by atoms with Crippen LogP contribution in [0.5, 0.6) is 0 Å². The minimum atomic E-state index is -4.61. The maximum absolute atomic E-state index is 13.0. The Morgan fingerprint density at radius 3 is 1.04 bits per heavy atom. The topological polar surface area (TPSA) is 108 Å². The standard InChI is InChI=1S/C69H137N2O6P/c1-6-8-10-12-14-16-18-20-22-24-26-28-30-32-34-36-38-40-42-44-46-48-50-52-54-56-58-60-62-68(72)67(66-77-78(74,75)76-65-64-71(3,4)5)70-69(73)63-61-59-57-55-53-51-49-47-45-43-41-39-37-35-33-31-29-27-25-23-21-19-17-15-13-11-9-7-2/h52,54,60,62,67-68,72H,6-51,53,55-59,61,63-66H2,1-5H3,(H-,70,73,74,75)/b54-52+,62-60+. The number of unbranched alkanes of at least 4 members (excludes halogenated alkanes) is 50. The Bertz CT molecular complexity index is 1320. The van der Waals surface area contributed by atoms with Crippen LogP contribution < -0.4 is 10.2 Å². The summed E-state index contributed by atoms with van der Waals surface area (Å²) in [7, 11) is 1.26. The SMILES string of the molecule is CCCCCCCCCCCCCCCCCCCCCCCC/C=C/CC/C=C/C(O)C(COP(=O)([O-])OCC[N+](C)(C)C)NC(=O)CCCCCCCCCCCCCCCCCCCCCCCCCCCCCC. The van der Waals surface area contributed by atoms with Crippen LogP contribution in [0, 0.1) is 0 Å².